The first-order valence-corrected chi connectivity index (χ1v) is 12.2. The monoisotopic (exact) mass is 477 g/mol. The molecule has 1 aromatic carbocycles. The van der Waals surface area contributed by atoms with Gasteiger partial charge in [0.05, 0.1) is 13.2 Å². The molecule has 0 spiro atoms. The van der Waals surface area contributed by atoms with Gasteiger partial charge in [-0.15, -0.1) is 0 Å². The van der Waals surface area contributed by atoms with Crippen LogP contribution in [0.25, 0.3) is 11.1 Å². The third-order valence-electron chi connectivity index (χ3n) is 5.83. The molecule has 2 aromatic rings. The maximum absolute atomic E-state index is 13.5. The minimum Gasteiger partial charge on any atom is -0.487 e. The molecule has 1 aromatic heterocycles. The number of sulfonamides is 1. The fourth-order valence-electron chi connectivity index (χ4n) is 3.77. The molecule has 10 heteroatoms. The van der Waals surface area contributed by atoms with E-state index >= 15 is 0 Å². The van der Waals surface area contributed by atoms with Crippen molar-refractivity contribution >= 4 is 15.9 Å². The zero-order valence-corrected chi connectivity index (χ0v) is 20.2. The lowest BCUT2D eigenvalue weighted by Crippen LogP contribution is -2.50. The number of hydrogen-bond donors (Lipinski definition) is 1. The van der Waals surface area contributed by atoms with Crippen LogP contribution in [0, 0.1) is 5.92 Å². The molecule has 3 rings (SSSR count). The summed E-state index contributed by atoms with van der Waals surface area (Å²) in [5.41, 5.74) is 1.65. The third-order valence-corrected chi connectivity index (χ3v) is 7.85. The van der Waals surface area contributed by atoms with Gasteiger partial charge in [0, 0.05) is 45.1 Å². The summed E-state index contributed by atoms with van der Waals surface area (Å²) >= 11 is 0. The number of rotatable bonds is 7. The number of aliphatic hydroxyl groups excluding tert-OH is 1. The molecule has 0 saturated carbocycles. The number of likely N-dealkylation sites (N-methyl/N-ethyl adjacent to an activating group) is 1. The summed E-state index contributed by atoms with van der Waals surface area (Å²) in [5, 5.41) is 9.74. The van der Waals surface area contributed by atoms with Crippen LogP contribution < -0.4 is 4.74 Å². The fraction of sp³-hybridized carbons (Fsp3) is 0.478. The van der Waals surface area contributed by atoms with Gasteiger partial charge in [0.25, 0.3) is 0 Å². The second kappa shape index (κ2) is 10.6. The van der Waals surface area contributed by atoms with Crippen molar-refractivity contribution in [1.29, 1.82) is 0 Å². The molecule has 0 saturated heterocycles. The van der Waals surface area contributed by atoms with Crippen molar-refractivity contribution < 1.29 is 27.8 Å². The zero-order chi connectivity index (χ0) is 24.2. The summed E-state index contributed by atoms with van der Waals surface area (Å²) in [6, 6.07) is 8.01. The molecule has 0 radical (unpaired) electrons. The lowest BCUT2D eigenvalue weighted by Gasteiger charge is -2.37. The molecule has 0 bridgehead atoms. The molecule has 1 N–H and O–H groups in total. The van der Waals surface area contributed by atoms with Gasteiger partial charge in [-0.2, -0.15) is 4.31 Å². The normalized spacial score (nSPS) is 21.2. The minimum atomic E-state index is -3.93. The number of carbonyl (C=O) groups is 1. The van der Waals surface area contributed by atoms with E-state index in [2.05, 4.69) is 4.98 Å². The predicted octanol–water partition coefficient (Wildman–Crippen LogP) is 1.62. The maximum Gasteiger partial charge on any atom is 0.248 e. The number of hydrogen-bond acceptors (Lipinski definition) is 7. The van der Waals surface area contributed by atoms with Crippen molar-refractivity contribution in [2.45, 2.75) is 30.9 Å². The van der Waals surface area contributed by atoms with E-state index in [9.17, 15) is 18.3 Å². The summed E-state index contributed by atoms with van der Waals surface area (Å²) in [6.45, 7) is 3.58. The lowest BCUT2D eigenvalue weighted by molar-refractivity contribution is -0.135. The first-order chi connectivity index (χ1) is 15.7. The van der Waals surface area contributed by atoms with Crippen LogP contribution in [-0.4, -0.2) is 86.2 Å². The quantitative estimate of drug-likeness (QED) is 0.645. The van der Waals surface area contributed by atoms with Crippen molar-refractivity contribution in [3.8, 4) is 16.9 Å². The molecule has 0 unspecified atom stereocenters. The van der Waals surface area contributed by atoms with Gasteiger partial charge in [-0.05, 0) is 42.3 Å². The molecule has 1 amide bonds. The Bertz CT molecular complexity index is 1060. The highest BCUT2D eigenvalue weighted by atomic mass is 32.2. The lowest BCUT2D eigenvalue weighted by atomic mass is 10.0. The molecule has 1 aliphatic rings. The summed E-state index contributed by atoms with van der Waals surface area (Å²) < 4.78 is 39.6. The average molecular weight is 478 g/mol. The predicted molar refractivity (Wildman–Crippen MR) is 123 cm³/mol. The highest BCUT2D eigenvalue weighted by molar-refractivity contribution is 7.89. The Kier molecular flexibility index (Phi) is 8.06. The number of benzene rings is 1. The molecule has 180 valence electrons. The van der Waals surface area contributed by atoms with Crippen molar-refractivity contribution in [1.82, 2.24) is 14.2 Å². The van der Waals surface area contributed by atoms with E-state index in [1.54, 1.807) is 38.5 Å². The Labute approximate surface area is 195 Å². The van der Waals surface area contributed by atoms with Crippen LogP contribution >= 0.6 is 0 Å². The minimum absolute atomic E-state index is 0.0309. The average Bonchev–Trinajstić information content (AvgIpc) is 2.81. The topological polar surface area (TPSA) is 109 Å². The number of carbonyl (C=O) groups excluding carboxylic acids is 1. The largest absolute Gasteiger partial charge is 0.487 e. The van der Waals surface area contributed by atoms with Gasteiger partial charge in [-0.3, -0.25) is 9.78 Å². The molecule has 1 aliphatic heterocycles. The van der Waals surface area contributed by atoms with E-state index < -0.39 is 22.2 Å². The van der Waals surface area contributed by atoms with Crippen LogP contribution in [0.2, 0.25) is 0 Å². The number of methoxy groups -OCH3 is 1. The van der Waals surface area contributed by atoms with Gasteiger partial charge >= 0.3 is 0 Å². The molecule has 3 atom stereocenters. The second-order valence-corrected chi connectivity index (χ2v) is 10.2. The molecule has 33 heavy (non-hydrogen) atoms. The van der Waals surface area contributed by atoms with Crippen molar-refractivity contribution in [3.63, 3.8) is 0 Å². The van der Waals surface area contributed by atoms with Crippen LogP contribution in [0.3, 0.4) is 0 Å². The smallest absolute Gasteiger partial charge is 0.248 e. The third kappa shape index (κ3) is 5.52. The van der Waals surface area contributed by atoms with Crippen molar-refractivity contribution in [3.05, 3.63) is 42.7 Å². The summed E-state index contributed by atoms with van der Waals surface area (Å²) in [6.07, 6.45) is 2.84. The molecule has 0 fully saturated rings. The Balaban J connectivity index is 2.08. The first kappa shape index (κ1) is 25.1. The Morgan fingerprint density at radius 3 is 2.64 bits per heavy atom. The van der Waals surface area contributed by atoms with Crippen LogP contribution in [0.5, 0.6) is 5.75 Å². The standard InChI is InChI=1S/C23H31N3O6S/c1-16-12-26(17(2)14-27)33(29,30)22-6-5-19(18-7-9-24-10-8-18)11-20(22)32-21(16)13-25(3)23(28)15-31-4/h5-11,16-17,21,27H,12-15H2,1-4H3/t16-,17+,21-/m1/s1. The van der Waals surface area contributed by atoms with E-state index in [1.165, 1.54) is 22.4 Å². The number of pyridine rings is 1. The van der Waals surface area contributed by atoms with Gasteiger partial charge in [0.15, 0.2) is 0 Å². The Morgan fingerprint density at radius 2 is 2.00 bits per heavy atom. The molecule has 9 nitrogen and oxygen atoms in total. The number of aliphatic hydroxyl groups is 1. The van der Waals surface area contributed by atoms with Gasteiger partial charge in [0.1, 0.15) is 23.4 Å². The molecule has 2 heterocycles. The van der Waals surface area contributed by atoms with Crippen LogP contribution in [0.1, 0.15) is 13.8 Å². The van der Waals surface area contributed by atoms with Crippen molar-refractivity contribution in [2.75, 3.05) is 40.5 Å². The first-order valence-electron chi connectivity index (χ1n) is 10.8. The summed E-state index contributed by atoms with van der Waals surface area (Å²) in [4.78, 5) is 17.9. The van der Waals surface area contributed by atoms with Gasteiger partial charge < -0.3 is 19.5 Å². The highest BCUT2D eigenvalue weighted by Crippen LogP contribution is 2.36. The number of amides is 1. The van der Waals surface area contributed by atoms with Crippen molar-refractivity contribution in [2.24, 2.45) is 5.92 Å². The molecular weight excluding hydrogens is 446 g/mol. The second-order valence-electron chi connectivity index (χ2n) is 8.34. The number of nitrogens with zero attached hydrogens (tertiary/aromatic N) is 3. The van der Waals surface area contributed by atoms with E-state index in [0.717, 1.165) is 11.1 Å². The summed E-state index contributed by atoms with van der Waals surface area (Å²) in [7, 11) is -0.810. The maximum atomic E-state index is 13.5. The zero-order valence-electron chi connectivity index (χ0n) is 19.3. The van der Waals surface area contributed by atoms with E-state index in [4.69, 9.17) is 9.47 Å². The van der Waals surface area contributed by atoms with Gasteiger partial charge in [-0.1, -0.05) is 13.0 Å². The molecule has 0 aliphatic carbocycles. The van der Waals surface area contributed by atoms with Crippen LogP contribution in [0.4, 0.5) is 0 Å². The summed E-state index contributed by atoms with van der Waals surface area (Å²) in [5.74, 6) is -0.248. The molecular formula is C23H31N3O6S. The SMILES string of the molecule is COCC(=O)N(C)C[C@H]1Oc2cc(-c3ccncc3)ccc2S(=O)(=O)N([C@@H](C)CO)C[C@H]1C. The Morgan fingerprint density at radius 1 is 1.30 bits per heavy atom. The number of aromatic nitrogens is 1. The Hall–Kier alpha value is -2.53. The number of fused-ring (bicyclic) bond motifs is 1. The fourth-order valence-corrected chi connectivity index (χ4v) is 5.60. The number of ether oxygens (including phenoxy) is 2. The van der Waals surface area contributed by atoms with Crippen LogP contribution in [-0.2, 0) is 19.6 Å². The highest BCUT2D eigenvalue weighted by Gasteiger charge is 2.38. The van der Waals surface area contributed by atoms with Gasteiger partial charge in [0.2, 0.25) is 15.9 Å². The van der Waals surface area contributed by atoms with Crippen LogP contribution in [0.15, 0.2) is 47.6 Å². The van der Waals surface area contributed by atoms with Gasteiger partial charge in [-0.25, -0.2) is 8.42 Å². The van der Waals surface area contributed by atoms with E-state index in [0.29, 0.717) is 0 Å². The van der Waals surface area contributed by atoms with E-state index in [1.807, 2.05) is 19.1 Å². The van der Waals surface area contributed by atoms with E-state index in [-0.39, 0.29) is 48.8 Å².